The highest BCUT2D eigenvalue weighted by Crippen LogP contribution is 2.09. The number of nitrogens with two attached hydrogens (primary N) is 1. The number of nitrogens with zero attached hydrogens (tertiary/aromatic N) is 3. The van der Waals surface area contributed by atoms with E-state index in [1.807, 2.05) is 0 Å². The minimum atomic E-state index is -0.189. The number of amides is 1. The van der Waals surface area contributed by atoms with Crippen molar-refractivity contribution in [2.24, 2.45) is 10.9 Å². The Morgan fingerprint density at radius 1 is 1.50 bits per heavy atom. The van der Waals surface area contributed by atoms with Gasteiger partial charge in [0, 0.05) is 17.8 Å². The van der Waals surface area contributed by atoms with E-state index in [1.165, 1.54) is 6.20 Å². The lowest BCUT2D eigenvalue weighted by molar-refractivity contribution is 0.0912. The van der Waals surface area contributed by atoms with Crippen molar-refractivity contribution in [3.05, 3.63) is 29.6 Å². The van der Waals surface area contributed by atoms with E-state index in [0.717, 1.165) is 25.9 Å². The third kappa shape index (κ3) is 3.45. The Labute approximate surface area is 117 Å². The van der Waals surface area contributed by atoms with Crippen LogP contribution in [0.2, 0.25) is 0 Å². The van der Waals surface area contributed by atoms with Crippen LogP contribution in [0, 0.1) is 0 Å². The van der Waals surface area contributed by atoms with Gasteiger partial charge in [0.15, 0.2) is 5.84 Å². The number of hydrogen-bond acceptors (Lipinski definition) is 5. The van der Waals surface area contributed by atoms with Gasteiger partial charge in [-0.2, -0.15) is 0 Å². The minimum Gasteiger partial charge on any atom is -0.409 e. The molecule has 0 spiro atoms. The van der Waals surface area contributed by atoms with Crippen molar-refractivity contribution in [2.45, 2.75) is 18.9 Å². The number of hydrogen-bond donors (Lipinski definition) is 3. The average Bonchev–Trinajstić information content (AvgIpc) is 2.49. The summed E-state index contributed by atoms with van der Waals surface area (Å²) in [5.41, 5.74) is 6.24. The van der Waals surface area contributed by atoms with Gasteiger partial charge in [0.1, 0.15) is 5.69 Å². The molecule has 7 heteroatoms. The largest absolute Gasteiger partial charge is 0.409 e. The van der Waals surface area contributed by atoms with Crippen molar-refractivity contribution in [3.8, 4) is 0 Å². The summed E-state index contributed by atoms with van der Waals surface area (Å²) in [6.07, 6.45) is 3.31. The average molecular weight is 277 g/mol. The first kappa shape index (κ1) is 14.3. The molecule has 4 N–H and O–H groups in total. The van der Waals surface area contributed by atoms with Gasteiger partial charge in [-0.3, -0.25) is 9.78 Å². The van der Waals surface area contributed by atoms with E-state index >= 15 is 0 Å². The lowest BCUT2D eigenvalue weighted by Gasteiger charge is -2.29. The Balaban J connectivity index is 1.95. The summed E-state index contributed by atoms with van der Waals surface area (Å²) in [5, 5.41) is 14.4. The predicted octanol–water partition coefficient (Wildman–Crippen LogP) is 0.000100. The molecule has 1 amide bonds. The van der Waals surface area contributed by atoms with Crippen LogP contribution in [0.4, 0.5) is 0 Å². The van der Waals surface area contributed by atoms with E-state index < -0.39 is 0 Å². The molecule has 108 valence electrons. The van der Waals surface area contributed by atoms with Crippen molar-refractivity contribution >= 4 is 11.7 Å². The molecule has 1 fully saturated rings. The molecule has 0 aromatic carbocycles. The van der Waals surface area contributed by atoms with E-state index in [2.05, 4.69) is 27.4 Å². The lowest BCUT2D eigenvalue weighted by Crippen LogP contribution is -2.43. The highest BCUT2D eigenvalue weighted by Gasteiger charge is 2.19. The first-order valence-corrected chi connectivity index (χ1v) is 6.53. The summed E-state index contributed by atoms with van der Waals surface area (Å²) in [6, 6.07) is 3.37. The van der Waals surface area contributed by atoms with E-state index in [9.17, 15) is 4.79 Å². The second-order valence-corrected chi connectivity index (χ2v) is 4.97. The molecular weight excluding hydrogens is 258 g/mol. The van der Waals surface area contributed by atoms with Crippen molar-refractivity contribution < 1.29 is 10.0 Å². The molecule has 1 aromatic rings. The van der Waals surface area contributed by atoms with Crippen LogP contribution in [0.25, 0.3) is 0 Å². The number of amidine groups is 1. The summed E-state index contributed by atoms with van der Waals surface area (Å²) in [5.74, 6) is -0.217. The molecule has 2 heterocycles. The minimum absolute atomic E-state index is 0.0280. The summed E-state index contributed by atoms with van der Waals surface area (Å²) in [4.78, 5) is 18.3. The zero-order valence-corrected chi connectivity index (χ0v) is 11.4. The van der Waals surface area contributed by atoms with Gasteiger partial charge in [-0.25, -0.2) is 0 Å². The van der Waals surface area contributed by atoms with Crippen LogP contribution in [0.5, 0.6) is 0 Å². The van der Waals surface area contributed by atoms with E-state index in [-0.39, 0.29) is 17.8 Å². The smallest absolute Gasteiger partial charge is 0.270 e. The van der Waals surface area contributed by atoms with Gasteiger partial charge in [-0.05, 0) is 45.1 Å². The lowest BCUT2D eigenvalue weighted by atomic mass is 10.1. The number of nitrogens with one attached hydrogen (secondary N) is 1. The Hall–Kier alpha value is -2.15. The number of carbonyl (C=O) groups is 1. The second kappa shape index (κ2) is 6.33. The highest BCUT2D eigenvalue weighted by molar-refractivity contribution is 5.98. The maximum Gasteiger partial charge on any atom is 0.270 e. The van der Waals surface area contributed by atoms with Gasteiger partial charge in [0.2, 0.25) is 0 Å². The molecule has 0 bridgehead atoms. The zero-order chi connectivity index (χ0) is 14.5. The fourth-order valence-corrected chi connectivity index (χ4v) is 2.15. The zero-order valence-electron chi connectivity index (χ0n) is 11.4. The number of aromatic nitrogens is 1. The number of rotatable bonds is 3. The van der Waals surface area contributed by atoms with Gasteiger partial charge >= 0.3 is 0 Å². The van der Waals surface area contributed by atoms with Gasteiger partial charge in [0.05, 0.1) is 0 Å². The quantitative estimate of drug-likeness (QED) is 0.312. The van der Waals surface area contributed by atoms with Gasteiger partial charge < -0.3 is 21.2 Å². The third-order valence-electron chi connectivity index (χ3n) is 3.45. The van der Waals surface area contributed by atoms with Gasteiger partial charge in [-0.15, -0.1) is 0 Å². The molecule has 7 nitrogen and oxygen atoms in total. The number of oxime groups is 1. The topological polar surface area (TPSA) is 104 Å². The molecule has 0 radical (unpaired) electrons. The first-order valence-electron chi connectivity index (χ1n) is 6.53. The van der Waals surface area contributed by atoms with Crippen LogP contribution in [0.15, 0.2) is 23.5 Å². The number of piperidine rings is 1. The summed E-state index contributed by atoms with van der Waals surface area (Å²) in [7, 11) is 2.07. The molecule has 1 aliphatic heterocycles. The van der Waals surface area contributed by atoms with Crippen LogP contribution in [0.1, 0.15) is 28.9 Å². The van der Waals surface area contributed by atoms with Crippen LogP contribution < -0.4 is 11.1 Å². The molecule has 1 saturated heterocycles. The summed E-state index contributed by atoms with van der Waals surface area (Å²) >= 11 is 0. The Morgan fingerprint density at radius 2 is 2.20 bits per heavy atom. The van der Waals surface area contributed by atoms with Crippen molar-refractivity contribution in [1.82, 2.24) is 15.2 Å². The molecule has 0 saturated carbocycles. The number of likely N-dealkylation sites (tertiary alicyclic amines) is 1. The molecule has 1 aromatic heterocycles. The SMILES string of the molecule is CN1CCC(NC(=O)c2ccc(C(N)=NO)cn2)CC1. The van der Waals surface area contributed by atoms with Gasteiger partial charge in [0.25, 0.3) is 5.91 Å². The fraction of sp³-hybridized carbons (Fsp3) is 0.462. The Kier molecular flexibility index (Phi) is 4.52. The van der Waals surface area contributed by atoms with Crippen LogP contribution in [0.3, 0.4) is 0 Å². The Bertz CT molecular complexity index is 492. The monoisotopic (exact) mass is 277 g/mol. The summed E-state index contributed by atoms with van der Waals surface area (Å²) in [6.45, 7) is 1.97. The molecule has 0 atom stereocenters. The van der Waals surface area contributed by atoms with Crippen molar-refractivity contribution in [1.29, 1.82) is 0 Å². The fourth-order valence-electron chi connectivity index (χ4n) is 2.15. The molecule has 20 heavy (non-hydrogen) atoms. The second-order valence-electron chi connectivity index (χ2n) is 4.97. The van der Waals surface area contributed by atoms with Crippen molar-refractivity contribution in [3.63, 3.8) is 0 Å². The van der Waals surface area contributed by atoms with Gasteiger partial charge in [-0.1, -0.05) is 5.16 Å². The number of carbonyl (C=O) groups excluding carboxylic acids is 1. The molecule has 2 rings (SSSR count). The molecule has 1 aliphatic rings. The van der Waals surface area contributed by atoms with E-state index in [4.69, 9.17) is 10.9 Å². The predicted molar refractivity (Wildman–Crippen MR) is 74.7 cm³/mol. The standard InChI is InChI=1S/C13H19N5O2/c1-18-6-4-10(5-7-18)16-13(19)11-3-2-9(8-15-11)12(14)17-20/h2-3,8,10,20H,4-7H2,1H3,(H2,14,17)(H,16,19). The molecule has 0 unspecified atom stereocenters. The first-order chi connectivity index (χ1) is 9.60. The van der Waals surface area contributed by atoms with Crippen LogP contribution in [-0.2, 0) is 0 Å². The third-order valence-corrected chi connectivity index (χ3v) is 3.45. The summed E-state index contributed by atoms with van der Waals surface area (Å²) < 4.78 is 0. The van der Waals surface area contributed by atoms with Crippen LogP contribution >= 0.6 is 0 Å². The number of pyridine rings is 1. The van der Waals surface area contributed by atoms with Crippen LogP contribution in [-0.4, -0.2) is 53.0 Å². The molecule has 0 aliphatic carbocycles. The maximum absolute atomic E-state index is 12.0. The van der Waals surface area contributed by atoms with Crippen molar-refractivity contribution in [2.75, 3.05) is 20.1 Å². The van der Waals surface area contributed by atoms with E-state index in [1.54, 1.807) is 12.1 Å². The molecular formula is C13H19N5O2. The Morgan fingerprint density at radius 3 is 2.75 bits per heavy atom. The highest BCUT2D eigenvalue weighted by atomic mass is 16.4. The maximum atomic E-state index is 12.0. The normalized spacial score (nSPS) is 17.9. The van der Waals surface area contributed by atoms with E-state index in [0.29, 0.717) is 11.3 Å².